The summed E-state index contributed by atoms with van der Waals surface area (Å²) in [6.45, 7) is 0.352. The van der Waals surface area contributed by atoms with Crippen molar-refractivity contribution in [3.05, 3.63) is 87.1 Å². The van der Waals surface area contributed by atoms with Crippen molar-refractivity contribution < 1.29 is 14.6 Å². The van der Waals surface area contributed by atoms with E-state index in [1.807, 2.05) is 30.3 Å². The molecule has 0 aliphatic heterocycles. The van der Waals surface area contributed by atoms with Crippen LogP contribution in [0.1, 0.15) is 16.1 Å². The first-order chi connectivity index (χ1) is 15.0. The number of carbonyl (C=O) groups excluding carboxylic acids is 1. The van der Waals surface area contributed by atoms with E-state index >= 15 is 0 Å². The molecule has 3 aromatic heterocycles. The molecule has 0 bridgehead atoms. The Morgan fingerprint density at radius 1 is 1.19 bits per heavy atom. The van der Waals surface area contributed by atoms with Gasteiger partial charge in [0.05, 0.1) is 12.6 Å². The number of halogens is 1. The molecule has 0 atom stereocenters. The van der Waals surface area contributed by atoms with Crippen molar-refractivity contribution in [2.75, 3.05) is 7.11 Å². The summed E-state index contributed by atoms with van der Waals surface area (Å²) in [5.74, 6) is -1.12. The summed E-state index contributed by atoms with van der Waals surface area (Å²) in [5.41, 5.74) is 1.96. The molecule has 156 valence electrons. The summed E-state index contributed by atoms with van der Waals surface area (Å²) in [7, 11) is 1.21. The minimum absolute atomic E-state index is 0.229. The van der Waals surface area contributed by atoms with E-state index in [0.29, 0.717) is 35.0 Å². The SMILES string of the molecule is COC(=O)c1nc(Br)c2c(cc(-c3cccnc3)c(=O)n2CCc2ccccc2)c1O. The van der Waals surface area contributed by atoms with Crippen LogP contribution in [0.25, 0.3) is 22.0 Å². The maximum atomic E-state index is 13.5. The Bertz CT molecular complexity index is 1320. The average molecular weight is 480 g/mol. The summed E-state index contributed by atoms with van der Waals surface area (Å²) in [6, 6.07) is 14.8. The van der Waals surface area contributed by atoms with Crippen LogP contribution in [0.4, 0.5) is 0 Å². The van der Waals surface area contributed by atoms with E-state index in [4.69, 9.17) is 4.74 Å². The van der Waals surface area contributed by atoms with Crippen molar-refractivity contribution in [2.45, 2.75) is 13.0 Å². The average Bonchev–Trinajstić information content (AvgIpc) is 2.81. The van der Waals surface area contributed by atoms with Crippen LogP contribution in [-0.2, 0) is 17.7 Å². The number of esters is 1. The van der Waals surface area contributed by atoms with E-state index in [-0.39, 0.29) is 21.6 Å². The van der Waals surface area contributed by atoms with Gasteiger partial charge in [-0.1, -0.05) is 36.4 Å². The van der Waals surface area contributed by atoms with Crippen LogP contribution in [0.3, 0.4) is 0 Å². The molecule has 0 spiro atoms. The minimum atomic E-state index is -0.773. The molecule has 4 aromatic rings. The summed E-state index contributed by atoms with van der Waals surface area (Å²) in [4.78, 5) is 33.8. The molecule has 0 unspecified atom stereocenters. The molecule has 0 aliphatic rings. The Labute approximate surface area is 186 Å². The number of aryl methyl sites for hydroxylation is 2. The number of methoxy groups -OCH3 is 1. The standard InChI is InChI=1S/C23H18BrN3O4/c1-31-23(30)18-20(28)17-12-16(15-8-5-10-25-13-15)22(29)27(19(17)21(24)26-18)11-9-14-6-3-2-4-7-14/h2-8,10,12-13,28H,9,11H2,1H3. The lowest BCUT2D eigenvalue weighted by atomic mass is 10.1. The largest absolute Gasteiger partial charge is 0.505 e. The highest BCUT2D eigenvalue weighted by molar-refractivity contribution is 9.10. The molecule has 0 aliphatic carbocycles. The number of aromatic nitrogens is 3. The van der Waals surface area contributed by atoms with Gasteiger partial charge in [-0.25, -0.2) is 9.78 Å². The number of carbonyl (C=O) groups is 1. The first-order valence-electron chi connectivity index (χ1n) is 9.50. The van der Waals surface area contributed by atoms with Crippen LogP contribution in [-0.4, -0.2) is 32.7 Å². The fraction of sp³-hybridized carbons (Fsp3) is 0.130. The molecule has 3 heterocycles. The number of benzene rings is 1. The monoisotopic (exact) mass is 479 g/mol. The first kappa shape index (κ1) is 20.7. The van der Waals surface area contributed by atoms with Gasteiger partial charge in [0.15, 0.2) is 11.4 Å². The maximum absolute atomic E-state index is 13.5. The Kier molecular flexibility index (Phi) is 5.81. The Balaban J connectivity index is 1.99. The zero-order valence-corrected chi connectivity index (χ0v) is 18.2. The number of rotatable bonds is 5. The fourth-order valence-electron chi connectivity index (χ4n) is 3.47. The van der Waals surface area contributed by atoms with Crippen LogP contribution < -0.4 is 5.56 Å². The van der Waals surface area contributed by atoms with Crippen LogP contribution >= 0.6 is 15.9 Å². The van der Waals surface area contributed by atoms with Gasteiger partial charge in [0.25, 0.3) is 5.56 Å². The van der Waals surface area contributed by atoms with Crippen molar-refractivity contribution in [1.82, 2.24) is 14.5 Å². The third-order valence-corrected chi connectivity index (χ3v) is 5.55. The quantitative estimate of drug-likeness (QED) is 0.344. The number of nitrogens with zero attached hydrogens (tertiary/aromatic N) is 3. The van der Waals surface area contributed by atoms with E-state index in [1.165, 1.54) is 7.11 Å². The molecule has 1 N–H and O–H groups in total. The van der Waals surface area contributed by atoms with Crippen molar-refractivity contribution in [2.24, 2.45) is 0 Å². The van der Waals surface area contributed by atoms with Crippen LogP contribution in [0.15, 0.2) is 70.3 Å². The maximum Gasteiger partial charge on any atom is 0.360 e. The lowest BCUT2D eigenvalue weighted by molar-refractivity contribution is 0.0590. The lowest BCUT2D eigenvalue weighted by Gasteiger charge is -2.16. The number of fused-ring (bicyclic) bond motifs is 1. The van der Waals surface area contributed by atoms with Gasteiger partial charge < -0.3 is 14.4 Å². The third-order valence-electron chi connectivity index (χ3n) is 4.99. The zero-order valence-electron chi connectivity index (χ0n) is 16.6. The summed E-state index contributed by atoms with van der Waals surface area (Å²) in [5, 5.41) is 11.1. The summed E-state index contributed by atoms with van der Waals surface area (Å²) >= 11 is 3.37. The van der Waals surface area contributed by atoms with E-state index in [9.17, 15) is 14.7 Å². The van der Waals surface area contributed by atoms with Gasteiger partial charge >= 0.3 is 5.97 Å². The van der Waals surface area contributed by atoms with Gasteiger partial charge in [0.1, 0.15) is 4.60 Å². The van der Waals surface area contributed by atoms with Gasteiger partial charge in [0, 0.05) is 35.5 Å². The van der Waals surface area contributed by atoms with Gasteiger partial charge in [-0.15, -0.1) is 0 Å². The molecule has 0 radical (unpaired) electrons. The van der Waals surface area contributed by atoms with Gasteiger partial charge in [-0.05, 0) is 40.0 Å². The molecule has 1 aromatic carbocycles. The Hall–Kier alpha value is -3.52. The van der Waals surface area contributed by atoms with Gasteiger partial charge in [-0.2, -0.15) is 0 Å². The number of hydrogen-bond donors (Lipinski definition) is 1. The highest BCUT2D eigenvalue weighted by atomic mass is 79.9. The number of aromatic hydroxyl groups is 1. The minimum Gasteiger partial charge on any atom is -0.505 e. The molecule has 0 saturated heterocycles. The van der Waals surface area contributed by atoms with Gasteiger partial charge in [-0.3, -0.25) is 9.78 Å². The van der Waals surface area contributed by atoms with Crippen molar-refractivity contribution in [1.29, 1.82) is 0 Å². The second kappa shape index (κ2) is 8.69. The van der Waals surface area contributed by atoms with Gasteiger partial charge in [0.2, 0.25) is 0 Å². The smallest absolute Gasteiger partial charge is 0.360 e. The second-order valence-corrected chi connectivity index (χ2v) is 7.60. The van der Waals surface area contributed by atoms with Crippen molar-refractivity contribution >= 4 is 32.8 Å². The first-order valence-corrected chi connectivity index (χ1v) is 10.3. The Morgan fingerprint density at radius 2 is 1.97 bits per heavy atom. The molecule has 7 nitrogen and oxygen atoms in total. The topological polar surface area (TPSA) is 94.3 Å². The van der Waals surface area contributed by atoms with Crippen LogP contribution in [0, 0.1) is 0 Å². The second-order valence-electron chi connectivity index (χ2n) is 6.85. The molecular weight excluding hydrogens is 462 g/mol. The van der Waals surface area contributed by atoms with Crippen molar-refractivity contribution in [3.8, 4) is 16.9 Å². The predicted molar refractivity (Wildman–Crippen MR) is 120 cm³/mol. The predicted octanol–water partition coefficient (Wildman–Crippen LogP) is 3.96. The molecule has 0 saturated carbocycles. The molecule has 31 heavy (non-hydrogen) atoms. The fourth-order valence-corrected chi connectivity index (χ4v) is 4.07. The van der Waals surface area contributed by atoms with E-state index in [1.54, 1.807) is 35.2 Å². The molecular formula is C23H18BrN3O4. The van der Waals surface area contributed by atoms with Crippen LogP contribution in [0.5, 0.6) is 5.75 Å². The van der Waals surface area contributed by atoms with E-state index in [2.05, 4.69) is 25.9 Å². The number of hydrogen-bond acceptors (Lipinski definition) is 6. The third kappa shape index (κ3) is 3.94. The molecule has 0 amide bonds. The highest BCUT2D eigenvalue weighted by Gasteiger charge is 2.23. The number of ether oxygens (including phenoxy) is 1. The highest BCUT2D eigenvalue weighted by Crippen LogP contribution is 2.34. The van der Waals surface area contributed by atoms with Crippen molar-refractivity contribution in [3.63, 3.8) is 0 Å². The normalized spacial score (nSPS) is 10.9. The van der Waals surface area contributed by atoms with E-state index < -0.39 is 5.97 Å². The number of pyridine rings is 3. The van der Waals surface area contributed by atoms with E-state index in [0.717, 1.165) is 5.56 Å². The van der Waals surface area contributed by atoms with Crippen LogP contribution in [0.2, 0.25) is 0 Å². The summed E-state index contributed by atoms with van der Waals surface area (Å²) < 4.78 is 6.56. The summed E-state index contributed by atoms with van der Waals surface area (Å²) in [6.07, 6.45) is 3.79. The molecule has 8 heteroatoms. The molecule has 0 fully saturated rings. The Morgan fingerprint density at radius 3 is 2.65 bits per heavy atom. The zero-order chi connectivity index (χ0) is 22.0. The lowest BCUT2D eigenvalue weighted by Crippen LogP contribution is -2.24. The molecule has 4 rings (SSSR count).